The standard InChI is InChI=1S/C19H16BNO3/c1-19(2)13-8-5-7-12-11-6-3-4-9-15(11)21(17(12)13)18-14(19)10-16(24-18)20(22)23/h3-10,22-23H,1-2H3. The van der Waals surface area contributed by atoms with E-state index in [-0.39, 0.29) is 11.1 Å². The molecule has 0 unspecified atom stereocenters. The SMILES string of the molecule is CC1(C)c2cc(B(O)O)oc2-n2c3ccccc3c3cccc1c32. The summed E-state index contributed by atoms with van der Waals surface area (Å²) >= 11 is 0. The molecule has 1 aliphatic heterocycles. The summed E-state index contributed by atoms with van der Waals surface area (Å²) in [6.45, 7) is 4.29. The van der Waals surface area contributed by atoms with Crippen molar-refractivity contribution in [3.8, 4) is 5.88 Å². The summed E-state index contributed by atoms with van der Waals surface area (Å²) in [5.74, 6) is 0.674. The van der Waals surface area contributed by atoms with Crippen molar-refractivity contribution in [1.29, 1.82) is 0 Å². The zero-order chi connectivity index (χ0) is 16.6. The second kappa shape index (κ2) is 4.32. The predicted molar refractivity (Wildman–Crippen MR) is 95.0 cm³/mol. The molecule has 0 aliphatic carbocycles. The van der Waals surface area contributed by atoms with E-state index in [4.69, 9.17) is 4.42 Å². The Bertz CT molecular complexity index is 1120. The zero-order valence-corrected chi connectivity index (χ0v) is 13.4. The van der Waals surface area contributed by atoms with Gasteiger partial charge in [-0.3, -0.25) is 4.57 Å². The Morgan fingerprint density at radius 3 is 2.50 bits per heavy atom. The van der Waals surface area contributed by atoms with E-state index in [1.807, 2.05) is 12.1 Å². The van der Waals surface area contributed by atoms with Gasteiger partial charge in [0.1, 0.15) is 5.66 Å². The third-order valence-electron chi connectivity index (χ3n) is 5.23. The smallest absolute Gasteiger partial charge is 0.448 e. The van der Waals surface area contributed by atoms with Crippen molar-refractivity contribution in [1.82, 2.24) is 4.57 Å². The van der Waals surface area contributed by atoms with Gasteiger partial charge < -0.3 is 14.5 Å². The highest BCUT2D eigenvalue weighted by atomic mass is 16.4. The minimum atomic E-state index is -1.62. The Kier molecular flexibility index (Phi) is 2.50. The van der Waals surface area contributed by atoms with E-state index in [0.717, 1.165) is 16.6 Å². The van der Waals surface area contributed by atoms with E-state index in [2.05, 4.69) is 48.7 Å². The molecule has 0 bridgehead atoms. The molecule has 0 spiro atoms. The highest BCUT2D eigenvalue weighted by Crippen LogP contribution is 2.47. The Morgan fingerprint density at radius 2 is 1.71 bits per heavy atom. The lowest BCUT2D eigenvalue weighted by Crippen LogP contribution is -2.28. The molecule has 0 saturated carbocycles. The van der Waals surface area contributed by atoms with Gasteiger partial charge in [-0.1, -0.05) is 50.2 Å². The van der Waals surface area contributed by atoms with E-state index in [0.29, 0.717) is 5.88 Å². The number of fused-ring (bicyclic) bond motifs is 5. The molecule has 0 saturated heterocycles. The fraction of sp³-hybridized carbons (Fsp3) is 0.158. The molecule has 1 aliphatic rings. The molecule has 118 valence electrons. The normalized spacial score (nSPS) is 15.0. The summed E-state index contributed by atoms with van der Waals surface area (Å²) in [7, 11) is -1.62. The van der Waals surface area contributed by atoms with Crippen molar-refractivity contribution in [2.24, 2.45) is 0 Å². The summed E-state index contributed by atoms with van der Waals surface area (Å²) in [4.78, 5) is 0. The second-order valence-corrected chi connectivity index (χ2v) is 6.92. The molecule has 2 aromatic carbocycles. The molecule has 0 fully saturated rings. The van der Waals surface area contributed by atoms with Gasteiger partial charge in [0.25, 0.3) is 0 Å². The third-order valence-corrected chi connectivity index (χ3v) is 5.23. The van der Waals surface area contributed by atoms with E-state index >= 15 is 0 Å². The maximum Gasteiger partial charge on any atom is 0.526 e. The summed E-state index contributed by atoms with van der Waals surface area (Å²) in [6, 6.07) is 16.3. The first kappa shape index (κ1) is 13.9. The summed E-state index contributed by atoms with van der Waals surface area (Å²) in [5, 5.41) is 21.5. The zero-order valence-electron chi connectivity index (χ0n) is 13.4. The number of hydrogen-bond donors (Lipinski definition) is 2. The van der Waals surface area contributed by atoms with Crippen LogP contribution in [0.25, 0.3) is 27.7 Å². The number of hydrogen-bond acceptors (Lipinski definition) is 3. The lowest BCUT2D eigenvalue weighted by molar-refractivity contribution is 0.408. The Labute approximate surface area is 139 Å². The molecular formula is C19H16BNO3. The van der Waals surface area contributed by atoms with Crippen LogP contribution in [0, 0.1) is 0 Å². The number of nitrogens with zero attached hydrogens (tertiary/aromatic N) is 1. The van der Waals surface area contributed by atoms with Crippen LogP contribution in [-0.2, 0) is 5.41 Å². The fourth-order valence-electron chi connectivity index (χ4n) is 4.02. The lowest BCUT2D eigenvalue weighted by atomic mass is 9.75. The van der Waals surface area contributed by atoms with Crippen molar-refractivity contribution in [3.05, 3.63) is 59.7 Å². The van der Waals surface area contributed by atoms with Crippen LogP contribution in [0.4, 0.5) is 0 Å². The van der Waals surface area contributed by atoms with Crippen molar-refractivity contribution in [2.75, 3.05) is 0 Å². The van der Waals surface area contributed by atoms with Crippen molar-refractivity contribution < 1.29 is 14.5 Å². The summed E-state index contributed by atoms with van der Waals surface area (Å²) in [6.07, 6.45) is 0. The molecule has 2 N–H and O–H groups in total. The van der Waals surface area contributed by atoms with Crippen molar-refractivity contribution in [3.63, 3.8) is 0 Å². The van der Waals surface area contributed by atoms with Crippen LogP contribution in [0.15, 0.2) is 52.9 Å². The van der Waals surface area contributed by atoms with Gasteiger partial charge in [0.15, 0.2) is 0 Å². The number of para-hydroxylation sites is 2. The highest BCUT2D eigenvalue weighted by Gasteiger charge is 2.39. The first-order chi connectivity index (χ1) is 11.5. The van der Waals surface area contributed by atoms with Crippen LogP contribution in [0.3, 0.4) is 0 Å². The highest BCUT2D eigenvalue weighted by molar-refractivity contribution is 6.57. The fourth-order valence-corrected chi connectivity index (χ4v) is 4.02. The van der Waals surface area contributed by atoms with E-state index in [1.54, 1.807) is 6.07 Å². The first-order valence-electron chi connectivity index (χ1n) is 8.03. The van der Waals surface area contributed by atoms with Crippen LogP contribution in [0.2, 0.25) is 0 Å². The minimum absolute atomic E-state index is 0.173. The molecule has 0 radical (unpaired) electrons. The van der Waals surface area contributed by atoms with Gasteiger partial charge in [0.05, 0.1) is 11.0 Å². The number of furan rings is 1. The lowest BCUT2D eigenvalue weighted by Gasteiger charge is -2.31. The monoisotopic (exact) mass is 317 g/mol. The van der Waals surface area contributed by atoms with Gasteiger partial charge in [0, 0.05) is 21.8 Å². The summed E-state index contributed by atoms with van der Waals surface area (Å²) < 4.78 is 7.98. The Balaban J connectivity index is 2.05. The van der Waals surface area contributed by atoms with Crippen LogP contribution in [0.5, 0.6) is 0 Å². The quantitative estimate of drug-likeness (QED) is 0.531. The molecule has 4 nitrogen and oxygen atoms in total. The molecule has 24 heavy (non-hydrogen) atoms. The van der Waals surface area contributed by atoms with Crippen molar-refractivity contribution >= 4 is 34.6 Å². The van der Waals surface area contributed by atoms with E-state index in [9.17, 15) is 10.0 Å². The molecule has 5 heteroatoms. The van der Waals surface area contributed by atoms with Gasteiger partial charge in [-0.25, -0.2) is 0 Å². The minimum Gasteiger partial charge on any atom is -0.448 e. The topological polar surface area (TPSA) is 58.5 Å². The molecule has 4 aromatic rings. The first-order valence-corrected chi connectivity index (χ1v) is 8.03. The van der Waals surface area contributed by atoms with Gasteiger partial charge in [-0.15, -0.1) is 0 Å². The molecule has 3 heterocycles. The van der Waals surface area contributed by atoms with E-state index in [1.165, 1.54) is 16.3 Å². The maximum absolute atomic E-state index is 9.57. The predicted octanol–water partition coefficient (Wildman–Crippen LogP) is 2.70. The van der Waals surface area contributed by atoms with Crippen LogP contribution < -0.4 is 5.66 Å². The summed E-state index contributed by atoms with van der Waals surface area (Å²) in [5.41, 5.74) is 4.26. The van der Waals surface area contributed by atoms with Crippen LogP contribution in [-0.4, -0.2) is 21.7 Å². The molecular weight excluding hydrogens is 301 g/mol. The second-order valence-electron chi connectivity index (χ2n) is 6.92. The molecule has 5 rings (SSSR count). The Morgan fingerprint density at radius 1 is 0.958 bits per heavy atom. The van der Waals surface area contributed by atoms with Gasteiger partial charge >= 0.3 is 7.12 Å². The molecule has 0 atom stereocenters. The maximum atomic E-state index is 9.57. The average molecular weight is 317 g/mol. The number of rotatable bonds is 1. The average Bonchev–Trinajstić information content (AvgIpc) is 3.14. The molecule has 0 amide bonds. The van der Waals surface area contributed by atoms with Gasteiger partial charge in [-0.05, 0) is 17.7 Å². The number of benzene rings is 2. The number of aromatic nitrogens is 1. The van der Waals surface area contributed by atoms with Crippen LogP contribution in [0.1, 0.15) is 25.0 Å². The van der Waals surface area contributed by atoms with Crippen molar-refractivity contribution in [2.45, 2.75) is 19.3 Å². The third kappa shape index (κ3) is 1.51. The van der Waals surface area contributed by atoms with Crippen LogP contribution >= 0.6 is 0 Å². The largest absolute Gasteiger partial charge is 0.526 e. The molecule has 2 aromatic heterocycles. The van der Waals surface area contributed by atoms with Gasteiger partial charge in [-0.2, -0.15) is 0 Å². The van der Waals surface area contributed by atoms with E-state index < -0.39 is 7.12 Å². The Hall–Kier alpha value is -2.50. The van der Waals surface area contributed by atoms with Gasteiger partial charge in [0.2, 0.25) is 5.88 Å².